The third-order valence-electron chi connectivity index (χ3n) is 2.10. The lowest BCUT2D eigenvalue weighted by molar-refractivity contribution is -0.124. The summed E-state index contributed by atoms with van der Waals surface area (Å²) in [4.78, 5) is 11.1. The van der Waals surface area contributed by atoms with Crippen molar-refractivity contribution in [2.24, 2.45) is 5.92 Å². The number of benzene rings is 1. The van der Waals surface area contributed by atoms with E-state index in [1.54, 1.807) is 12.1 Å². The third kappa shape index (κ3) is 5.20. The van der Waals surface area contributed by atoms with Gasteiger partial charge in [0.25, 0.3) is 0 Å². The monoisotopic (exact) mass is 255 g/mol. The number of carbonyl (C=O) groups is 1. The van der Waals surface area contributed by atoms with E-state index in [0.29, 0.717) is 17.5 Å². The van der Waals surface area contributed by atoms with Gasteiger partial charge in [-0.2, -0.15) is 0 Å². The van der Waals surface area contributed by atoms with Gasteiger partial charge in [-0.25, -0.2) is 0 Å². The van der Waals surface area contributed by atoms with Crippen molar-refractivity contribution in [3.63, 3.8) is 0 Å². The zero-order valence-electron chi connectivity index (χ0n) is 10.4. The molecule has 1 atom stereocenters. The van der Waals surface area contributed by atoms with Crippen LogP contribution in [0.2, 0.25) is 5.02 Å². The van der Waals surface area contributed by atoms with Crippen molar-refractivity contribution in [3.8, 4) is 0 Å². The summed E-state index contributed by atoms with van der Waals surface area (Å²) in [6.07, 6.45) is -0.410. The average Bonchev–Trinajstić information content (AvgIpc) is 2.25. The fourth-order valence-electron chi connectivity index (χ4n) is 1.33. The SMILES string of the molecule is CC(=O)NC(OCC(C)C)c1ccc(Cl)cc1. The van der Waals surface area contributed by atoms with Crippen LogP contribution in [0.25, 0.3) is 0 Å². The van der Waals surface area contributed by atoms with Gasteiger partial charge in [0.1, 0.15) is 0 Å². The Bertz CT molecular complexity index is 362. The van der Waals surface area contributed by atoms with Crippen LogP contribution in [0, 0.1) is 5.92 Å². The molecule has 4 heteroatoms. The number of hydrogen-bond acceptors (Lipinski definition) is 2. The Hall–Kier alpha value is -1.06. The Morgan fingerprint density at radius 1 is 1.35 bits per heavy atom. The highest BCUT2D eigenvalue weighted by Crippen LogP contribution is 2.18. The fraction of sp³-hybridized carbons (Fsp3) is 0.462. The maximum absolute atomic E-state index is 11.1. The van der Waals surface area contributed by atoms with Crippen LogP contribution in [-0.2, 0) is 9.53 Å². The average molecular weight is 256 g/mol. The largest absolute Gasteiger partial charge is 0.354 e. The Morgan fingerprint density at radius 3 is 2.41 bits per heavy atom. The van der Waals surface area contributed by atoms with Gasteiger partial charge < -0.3 is 10.1 Å². The molecule has 1 amide bonds. The van der Waals surface area contributed by atoms with Crippen molar-refractivity contribution in [1.29, 1.82) is 0 Å². The first-order valence-corrected chi connectivity index (χ1v) is 6.01. The van der Waals surface area contributed by atoms with E-state index < -0.39 is 6.23 Å². The minimum atomic E-state index is -0.410. The molecule has 1 N–H and O–H groups in total. The van der Waals surface area contributed by atoms with Crippen LogP contribution in [0.3, 0.4) is 0 Å². The molecule has 3 nitrogen and oxygen atoms in total. The maximum Gasteiger partial charge on any atom is 0.219 e. The van der Waals surface area contributed by atoms with Crippen LogP contribution in [0.5, 0.6) is 0 Å². The number of ether oxygens (including phenoxy) is 1. The van der Waals surface area contributed by atoms with Crippen molar-refractivity contribution in [2.75, 3.05) is 6.61 Å². The van der Waals surface area contributed by atoms with E-state index in [0.717, 1.165) is 5.56 Å². The molecule has 0 fully saturated rings. The topological polar surface area (TPSA) is 38.3 Å². The lowest BCUT2D eigenvalue weighted by Gasteiger charge is -2.20. The molecule has 1 unspecified atom stereocenters. The third-order valence-corrected chi connectivity index (χ3v) is 2.36. The molecule has 0 saturated carbocycles. The maximum atomic E-state index is 11.1. The molecule has 0 heterocycles. The number of nitrogens with one attached hydrogen (secondary N) is 1. The van der Waals surface area contributed by atoms with Crippen LogP contribution in [-0.4, -0.2) is 12.5 Å². The molecular weight excluding hydrogens is 238 g/mol. The molecule has 17 heavy (non-hydrogen) atoms. The van der Waals surface area contributed by atoms with Gasteiger partial charge in [-0.3, -0.25) is 4.79 Å². The molecule has 0 saturated heterocycles. The summed E-state index contributed by atoms with van der Waals surface area (Å²) < 4.78 is 5.67. The van der Waals surface area contributed by atoms with Crippen LogP contribution >= 0.6 is 11.6 Å². The summed E-state index contributed by atoms with van der Waals surface area (Å²) in [7, 11) is 0. The lowest BCUT2D eigenvalue weighted by Crippen LogP contribution is -2.29. The number of hydrogen-bond donors (Lipinski definition) is 1. The number of halogens is 1. The molecular formula is C13H18ClNO2. The van der Waals surface area contributed by atoms with Crippen molar-refractivity contribution in [1.82, 2.24) is 5.32 Å². The Kier molecular flexibility index (Phi) is 5.45. The van der Waals surface area contributed by atoms with Crippen molar-refractivity contribution < 1.29 is 9.53 Å². The molecule has 0 bridgehead atoms. The van der Waals surface area contributed by atoms with Crippen molar-refractivity contribution in [2.45, 2.75) is 27.0 Å². The van der Waals surface area contributed by atoms with Crippen LogP contribution < -0.4 is 5.32 Å². The van der Waals surface area contributed by atoms with Gasteiger partial charge in [0.05, 0.1) is 6.61 Å². The quantitative estimate of drug-likeness (QED) is 0.821. The first kappa shape index (κ1) is 14.0. The Balaban J connectivity index is 2.74. The fourth-order valence-corrected chi connectivity index (χ4v) is 1.46. The molecule has 94 valence electrons. The zero-order valence-corrected chi connectivity index (χ0v) is 11.1. The van der Waals surface area contributed by atoms with Crippen molar-refractivity contribution in [3.05, 3.63) is 34.9 Å². The molecule has 1 rings (SSSR count). The molecule has 1 aromatic carbocycles. The minimum absolute atomic E-state index is 0.117. The van der Waals surface area contributed by atoms with Crippen LogP contribution in [0.1, 0.15) is 32.6 Å². The van der Waals surface area contributed by atoms with E-state index >= 15 is 0 Å². The van der Waals surface area contributed by atoms with E-state index in [1.165, 1.54) is 6.92 Å². The smallest absolute Gasteiger partial charge is 0.219 e. The predicted octanol–water partition coefficient (Wildman–Crippen LogP) is 3.15. The van der Waals surface area contributed by atoms with Gasteiger partial charge in [-0.15, -0.1) is 0 Å². The highest BCUT2D eigenvalue weighted by atomic mass is 35.5. The second-order valence-electron chi connectivity index (χ2n) is 4.36. The van der Waals surface area contributed by atoms with Gasteiger partial charge >= 0.3 is 0 Å². The number of rotatable bonds is 5. The van der Waals surface area contributed by atoms with E-state index in [-0.39, 0.29) is 5.91 Å². The van der Waals surface area contributed by atoms with Gasteiger partial charge in [0.15, 0.2) is 6.23 Å². The normalized spacial score (nSPS) is 12.5. The summed E-state index contributed by atoms with van der Waals surface area (Å²) in [5, 5.41) is 3.43. The standard InChI is InChI=1S/C13H18ClNO2/c1-9(2)8-17-13(15-10(3)16)11-4-6-12(14)7-5-11/h4-7,9,13H,8H2,1-3H3,(H,15,16). The molecule has 0 aromatic heterocycles. The zero-order chi connectivity index (χ0) is 12.8. The van der Waals surface area contributed by atoms with Gasteiger partial charge in [0.2, 0.25) is 5.91 Å². The first-order chi connectivity index (χ1) is 7.99. The lowest BCUT2D eigenvalue weighted by atomic mass is 10.2. The highest BCUT2D eigenvalue weighted by Gasteiger charge is 2.13. The summed E-state index contributed by atoms with van der Waals surface area (Å²) in [5.74, 6) is 0.298. The van der Waals surface area contributed by atoms with Gasteiger partial charge in [-0.05, 0) is 18.1 Å². The van der Waals surface area contributed by atoms with E-state index in [4.69, 9.17) is 16.3 Å². The Labute approximate surface area is 107 Å². The van der Waals surface area contributed by atoms with E-state index in [1.807, 2.05) is 12.1 Å². The molecule has 1 aromatic rings. The van der Waals surface area contributed by atoms with Crippen molar-refractivity contribution >= 4 is 17.5 Å². The van der Waals surface area contributed by atoms with E-state index in [2.05, 4.69) is 19.2 Å². The summed E-state index contributed by atoms with van der Waals surface area (Å²) in [6.45, 7) is 6.19. The molecule has 0 aliphatic carbocycles. The van der Waals surface area contributed by atoms with Gasteiger partial charge in [0, 0.05) is 17.5 Å². The molecule has 0 aliphatic heterocycles. The summed E-state index contributed by atoms with van der Waals surface area (Å²) in [5.41, 5.74) is 0.894. The minimum Gasteiger partial charge on any atom is -0.354 e. The molecule has 0 aliphatic rings. The van der Waals surface area contributed by atoms with Crippen LogP contribution in [0.4, 0.5) is 0 Å². The number of amides is 1. The van der Waals surface area contributed by atoms with Crippen LogP contribution in [0.15, 0.2) is 24.3 Å². The summed E-state index contributed by atoms with van der Waals surface area (Å²) >= 11 is 5.82. The second-order valence-corrected chi connectivity index (χ2v) is 4.80. The van der Waals surface area contributed by atoms with E-state index in [9.17, 15) is 4.79 Å². The van der Waals surface area contributed by atoms with Gasteiger partial charge in [-0.1, -0.05) is 37.6 Å². The second kappa shape index (κ2) is 6.62. The molecule has 0 radical (unpaired) electrons. The first-order valence-electron chi connectivity index (χ1n) is 5.63. The highest BCUT2D eigenvalue weighted by molar-refractivity contribution is 6.30. The number of carbonyl (C=O) groups excluding carboxylic acids is 1. The molecule has 0 spiro atoms. The Morgan fingerprint density at radius 2 is 1.94 bits per heavy atom. The summed E-state index contributed by atoms with van der Waals surface area (Å²) in [6, 6.07) is 7.27. The predicted molar refractivity (Wildman–Crippen MR) is 68.8 cm³/mol.